The summed E-state index contributed by atoms with van der Waals surface area (Å²) in [6, 6.07) is 0. The van der Waals surface area contributed by atoms with Crippen molar-refractivity contribution < 1.29 is 20.1 Å². The molecule has 5 nitrogen and oxygen atoms in total. The summed E-state index contributed by atoms with van der Waals surface area (Å²) in [4.78, 5) is 15.4. The molecule has 2 aliphatic carbocycles. The van der Waals surface area contributed by atoms with E-state index in [9.17, 15) is 15.0 Å². The van der Waals surface area contributed by atoms with E-state index in [1.54, 1.807) is 11.8 Å². The van der Waals surface area contributed by atoms with E-state index in [1.807, 2.05) is 12.2 Å². The summed E-state index contributed by atoms with van der Waals surface area (Å²) in [5.74, 6) is 3.04. The number of terminal acetylenes is 1. The van der Waals surface area contributed by atoms with Crippen LogP contribution >= 0.6 is 11.8 Å². The second-order valence-electron chi connectivity index (χ2n) is 8.00. The SMILES string of the molecule is C#CC12CC(O)C(C=CC(O)C3CCCC3)C1CC(SCCCC(=O)O)=N2. The van der Waals surface area contributed by atoms with Gasteiger partial charge in [0.05, 0.1) is 17.3 Å². The molecule has 3 aliphatic rings. The second-order valence-corrected chi connectivity index (χ2v) is 9.17. The van der Waals surface area contributed by atoms with Crippen LogP contribution in [-0.2, 0) is 4.79 Å². The number of carbonyl (C=O) groups is 1. The molecule has 148 valence electrons. The lowest BCUT2D eigenvalue weighted by Crippen LogP contribution is -2.27. The van der Waals surface area contributed by atoms with Gasteiger partial charge in [0.2, 0.25) is 0 Å². The van der Waals surface area contributed by atoms with E-state index < -0.39 is 23.7 Å². The fraction of sp³-hybridized carbons (Fsp3) is 0.714. The molecule has 0 bridgehead atoms. The molecule has 0 amide bonds. The van der Waals surface area contributed by atoms with Gasteiger partial charge in [-0.05, 0) is 30.9 Å². The van der Waals surface area contributed by atoms with Crippen LogP contribution in [0, 0.1) is 30.1 Å². The fourth-order valence-electron chi connectivity index (χ4n) is 4.75. The predicted molar refractivity (Wildman–Crippen MR) is 108 cm³/mol. The maximum Gasteiger partial charge on any atom is 0.303 e. The van der Waals surface area contributed by atoms with Gasteiger partial charge in [0.25, 0.3) is 0 Å². The molecule has 2 fully saturated rings. The zero-order chi connectivity index (χ0) is 19.4. The van der Waals surface area contributed by atoms with Crippen LogP contribution in [0.15, 0.2) is 17.1 Å². The number of hydrogen-bond acceptors (Lipinski definition) is 5. The topological polar surface area (TPSA) is 90.1 Å². The number of aliphatic carboxylic acids is 1. The minimum absolute atomic E-state index is 0.0477. The van der Waals surface area contributed by atoms with Gasteiger partial charge >= 0.3 is 5.97 Å². The lowest BCUT2D eigenvalue weighted by atomic mass is 9.83. The van der Waals surface area contributed by atoms with Gasteiger partial charge in [-0.15, -0.1) is 18.2 Å². The van der Waals surface area contributed by atoms with Crippen molar-refractivity contribution in [1.82, 2.24) is 0 Å². The Morgan fingerprint density at radius 1 is 1.44 bits per heavy atom. The Hall–Kier alpha value is -1.29. The highest BCUT2D eigenvalue weighted by atomic mass is 32.2. The molecule has 0 saturated heterocycles. The third kappa shape index (κ3) is 4.59. The zero-order valence-corrected chi connectivity index (χ0v) is 16.4. The lowest BCUT2D eigenvalue weighted by molar-refractivity contribution is -0.137. The highest BCUT2D eigenvalue weighted by Crippen LogP contribution is 2.50. The molecular formula is C21H29NO4S. The first-order valence-electron chi connectivity index (χ1n) is 9.91. The molecule has 3 rings (SSSR count). The highest BCUT2D eigenvalue weighted by molar-refractivity contribution is 8.13. The monoisotopic (exact) mass is 391 g/mol. The van der Waals surface area contributed by atoms with Crippen LogP contribution < -0.4 is 0 Å². The van der Waals surface area contributed by atoms with Crippen LogP contribution in [-0.4, -0.2) is 49.8 Å². The average Bonchev–Trinajstić information content (AvgIpc) is 3.32. The smallest absolute Gasteiger partial charge is 0.303 e. The van der Waals surface area contributed by atoms with E-state index in [4.69, 9.17) is 16.5 Å². The minimum atomic E-state index is -0.782. The first-order chi connectivity index (χ1) is 12.9. The van der Waals surface area contributed by atoms with Gasteiger partial charge < -0.3 is 15.3 Å². The highest BCUT2D eigenvalue weighted by Gasteiger charge is 2.55. The van der Waals surface area contributed by atoms with Gasteiger partial charge in [0.1, 0.15) is 5.54 Å². The molecule has 1 heterocycles. The molecule has 6 heteroatoms. The van der Waals surface area contributed by atoms with Crippen molar-refractivity contribution >= 4 is 22.8 Å². The summed E-state index contributed by atoms with van der Waals surface area (Å²) in [6.45, 7) is 0. The number of hydrogen-bond donors (Lipinski definition) is 3. The number of fused-ring (bicyclic) bond motifs is 1. The van der Waals surface area contributed by atoms with Crippen LogP contribution in [0.2, 0.25) is 0 Å². The Labute approximate surface area is 165 Å². The van der Waals surface area contributed by atoms with Gasteiger partial charge in [0.15, 0.2) is 0 Å². The Balaban J connectivity index is 1.62. The Morgan fingerprint density at radius 2 is 2.19 bits per heavy atom. The van der Waals surface area contributed by atoms with Gasteiger partial charge in [0, 0.05) is 31.1 Å². The maximum atomic E-state index is 10.6. The Bertz CT molecular complexity index is 649. The molecule has 27 heavy (non-hydrogen) atoms. The quantitative estimate of drug-likeness (QED) is 0.353. The molecule has 5 atom stereocenters. The molecule has 2 saturated carbocycles. The normalized spacial score (nSPS) is 34.6. The molecule has 0 aromatic heterocycles. The molecule has 1 aliphatic heterocycles. The second kappa shape index (κ2) is 8.81. The first kappa shape index (κ1) is 20.4. The van der Waals surface area contributed by atoms with Crippen molar-refractivity contribution in [3.8, 4) is 12.3 Å². The Morgan fingerprint density at radius 3 is 2.85 bits per heavy atom. The van der Waals surface area contributed by atoms with Crippen LogP contribution in [0.1, 0.15) is 51.4 Å². The van der Waals surface area contributed by atoms with E-state index in [0.717, 1.165) is 17.9 Å². The number of aliphatic hydroxyl groups is 2. The maximum absolute atomic E-state index is 10.6. The Kier molecular flexibility index (Phi) is 6.67. The average molecular weight is 392 g/mol. The third-order valence-electron chi connectivity index (χ3n) is 6.23. The van der Waals surface area contributed by atoms with Crippen molar-refractivity contribution in [1.29, 1.82) is 0 Å². The first-order valence-corrected chi connectivity index (χ1v) is 10.9. The largest absolute Gasteiger partial charge is 0.481 e. The van der Waals surface area contributed by atoms with E-state index in [2.05, 4.69) is 5.92 Å². The molecule has 3 N–H and O–H groups in total. The number of thioether (sulfide) groups is 1. The van der Waals surface area contributed by atoms with E-state index in [1.165, 1.54) is 12.8 Å². The number of aliphatic imine (C=N–C) groups is 1. The van der Waals surface area contributed by atoms with Crippen LogP contribution in [0.3, 0.4) is 0 Å². The lowest BCUT2D eigenvalue weighted by Gasteiger charge is -2.22. The van der Waals surface area contributed by atoms with Crippen molar-refractivity contribution in [3.63, 3.8) is 0 Å². The fourth-order valence-corrected chi connectivity index (χ4v) is 5.80. The molecular weight excluding hydrogens is 362 g/mol. The minimum Gasteiger partial charge on any atom is -0.481 e. The summed E-state index contributed by atoms with van der Waals surface area (Å²) in [6.07, 6.45) is 15.1. The third-order valence-corrected chi connectivity index (χ3v) is 7.31. The van der Waals surface area contributed by atoms with Crippen molar-refractivity contribution in [2.45, 2.75) is 69.1 Å². The van der Waals surface area contributed by atoms with Crippen molar-refractivity contribution in [2.75, 3.05) is 5.75 Å². The number of carboxylic acid groups (broad SMARTS) is 1. The molecule has 0 aromatic carbocycles. The molecule has 0 radical (unpaired) electrons. The zero-order valence-electron chi connectivity index (χ0n) is 15.6. The van der Waals surface area contributed by atoms with E-state index in [0.29, 0.717) is 30.9 Å². The number of carboxylic acids is 1. The van der Waals surface area contributed by atoms with E-state index in [-0.39, 0.29) is 18.3 Å². The van der Waals surface area contributed by atoms with Crippen LogP contribution in [0.4, 0.5) is 0 Å². The van der Waals surface area contributed by atoms with Gasteiger partial charge in [-0.1, -0.05) is 30.9 Å². The van der Waals surface area contributed by atoms with Crippen LogP contribution in [0.25, 0.3) is 0 Å². The van der Waals surface area contributed by atoms with Crippen molar-refractivity contribution in [3.05, 3.63) is 12.2 Å². The summed E-state index contributed by atoms with van der Waals surface area (Å²) in [7, 11) is 0. The molecule has 0 spiro atoms. The summed E-state index contributed by atoms with van der Waals surface area (Å²) in [5, 5.41) is 30.7. The van der Waals surface area contributed by atoms with Gasteiger partial charge in [-0.25, -0.2) is 0 Å². The molecule has 5 unspecified atom stereocenters. The van der Waals surface area contributed by atoms with Gasteiger partial charge in [-0.2, -0.15) is 0 Å². The van der Waals surface area contributed by atoms with E-state index >= 15 is 0 Å². The van der Waals surface area contributed by atoms with Gasteiger partial charge in [-0.3, -0.25) is 9.79 Å². The van der Waals surface area contributed by atoms with Crippen LogP contribution in [0.5, 0.6) is 0 Å². The number of aliphatic hydroxyl groups excluding tert-OH is 2. The summed E-state index contributed by atoms with van der Waals surface area (Å²) in [5.41, 5.74) is -0.665. The predicted octanol–water partition coefficient (Wildman–Crippen LogP) is 2.86. The number of rotatable bonds is 7. The summed E-state index contributed by atoms with van der Waals surface area (Å²) < 4.78 is 0. The molecule has 0 aromatic rings. The standard InChI is InChI=1S/C21H29NO4S/c1-2-21-13-18(24)15(9-10-17(23)14-6-3-4-7-14)16(21)12-19(22-21)27-11-5-8-20(25)26/h1,9-10,14-18,23-24H,3-8,11-13H2,(H,25,26). The van der Waals surface area contributed by atoms with Crippen molar-refractivity contribution in [2.24, 2.45) is 22.7 Å². The number of nitrogens with zero attached hydrogens (tertiary/aromatic N) is 1. The summed E-state index contributed by atoms with van der Waals surface area (Å²) >= 11 is 1.58.